The third-order valence-electron chi connectivity index (χ3n) is 4.09. The van der Waals surface area contributed by atoms with Crippen LogP contribution in [0.3, 0.4) is 0 Å². The maximum atomic E-state index is 13.2. The lowest BCUT2D eigenvalue weighted by atomic mass is 10.1. The predicted octanol–water partition coefficient (Wildman–Crippen LogP) is 2.96. The van der Waals surface area contributed by atoms with Crippen LogP contribution in [0.5, 0.6) is 0 Å². The van der Waals surface area contributed by atoms with Crippen LogP contribution in [0.4, 0.5) is 0 Å². The van der Waals surface area contributed by atoms with Crippen molar-refractivity contribution in [3.8, 4) is 0 Å². The first kappa shape index (κ1) is 17.4. The molecule has 2 aromatic carbocycles. The van der Waals surface area contributed by atoms with E-state index in [-0.39, 0.29) is 17.2 Å². The van der Waals surface area contributed by atoms with Crippen molar-refractivity contribution in [2.24, 2.45) is 7.05 Å². The number of carbonyl (C=O) groups excluding carboxylic acids is 1. The minimum atomic E-state index is -1.17. The Morgan fingerprint density at radius 3 is 1.92 bits per heavy atom. The van der Waals surface area contributed by atoms with Crippen LogP contribution in [-0.4, -0.2) is 31.7 Å². The van der Waals surface area contributed by atoms with Crippen LogP contribution in [0.2, 0.25) is 0 Å². The molecule has 0 unspecified atom stereocenters. The van der Waals surface area contributed by atoms with Crippen LogP contribution in [0.25, 0.3) is 0 Å². The first-order valence-corrected chi connectivity index (χ1v) is 8.18. The molecule has 0 radical (unpaired) electrons. The van der Waals surface area contributed by atoms with Gasteiger partial charge in [0.15, 0.2) is 0 Å². The van der Waals surface area contributed by atoms with Crippen molar-refractivity contribution in [1.29, 1.82) is 0 Å². The van der Waals surface area contributed by atoms with Crippen LogP contribution in [0, 0.1) is 0 Å². The fraction of sp³-hybridized carbons (Fsp3) is 0.150. The van der Waals surface area contributed by atoms with Crippen molar-refractivity contribution in [2.45, 2.75) is 13.1 Å². The standard InChI is InChI=1S/C20H19N3O3/c1-22-18(17(12-21-22)20(25)26)19(24)23(13-15-8-4-2-5-9-15)14-16-10-6-3-7-11-16/h2-12H,13-14H2,1H3,(H,25,26). The second-order valence-electron chi connectivity index (χ2n) is 5.97. The molecular formula is C20H19N3O3. The normalized spacial score (nSPS) is 10.5. The average Bonchev–Trinajstić information content (AvgIpc) is 3.04. The molecule has 1 N–H and O–H groups in total. The Morgan fingerprint density at radius 2 is 1.46 bits per heavy atom. The lowest BCUT2D eigenvalue weighted by molar-refractivity contribution is 0.0663. The van der Waals surface area contributed by atoms with E-state index in [1.165, 1.54) is 10.9 Å². The molecule has 0 spiro atoms. The van der Waals surface area contributed by atoms with Gasteiger partial charge >= 0.3 is 5.97 Å². The lowest BCUT2D eigenvalue weighted by Gasteiger charge is -2.23. The molecular weight excluding hydrogens is 330 g/mol. The Kier molecular flexibility index (Phi) is 5.12. The van der Waals surface area contributed by atoms with Crippen LogP contribution < -0.4 is 0 Å². The number of amides is 1. The summed E-state index contributed by atoms with van der Waals surface area (Å²) in [5, 5.41) is 13.3. The van der Waals surface area contributed by atoms with Crippen molar-refractivity contribution in [2.75, 3.05) is 0 Å². The van der Waals surface area contributed by atoms with Gasteiger partial charge in [0.25, 0.3) is 5.91 Å². The van der Waals surface area contributed by atoms with Gasteiger partial charge in [-0.05, 0) is 11.1 Å². The van der Waals surface area contributed by atoms with Crippen LogP contribution in [0.15, 0.2) is 66.9 Å². The monoisotopic (exact) mass is 349 g/mol. The lowest BCUT2D eigenvalue weighted by Crippen LogP contribution is -2.32. The van der Waals surface area contributed by atoms with Crippen LogP contribution >= 0.6 is 0 Å². The summed E-state index contributed by atoms with van der Waals surface area (Å²) in [7, 11) is 1.57. The Hall–Kier alpha value is -3.41. The SMILES string of the molecule is Cn1ncc(C(=O)O)c1C(=O)N(Cc1ccccc1)Cc1ccccc1. The first-order valence-electron chi connectivity index (χ1n) is 8.18. The summed E-state index contributed by atoms with van der Waals surface area (Å²) in [5.41, 5.74) is 1.92. The number of carboxylic acids is 1. The van der Waals surface area contributed by atoms with Gasteiger partial charge in [0.2, 0.25) is 0 Å². The van der Waals surface area contributed by atoms with Gasteiger partial charge in [-0.3, -0.25) is 9.48 Å². The molecule has 0 saturated carbocycles. The zero-order valence-corrected chi connectivity index (χ0v) is 14.4. The van der Waals surface area contributed by atoms with Crippen LogP contribution in [-0.2, 0) is 20.1 Å². The molecule has 1 amide bonds. The molecule has 6 heteroatoms. The Labute approximate surface area is 151 Å². The smallest absolute Gasteiger partial charge is 0.339 e. The average molecular weight is 349 g/mol. The molecule has 0 bridgehead atoms. The summed E-state index contributed by atoms with van der Waals surface area (Å²) in [4.78, 5) is 26.3. The van der Waals surface area contributed by atoms with Crippen molar-refractivity contribution >= 4 is 11.9 Å². The van der Waals surface area contributed by atoms with E-state index in [0.29, 0.717) is 13.1 Å². The van der Waals surface area contributed by atoms with Gasteiger partial charge in [-0.25, -0.2) is 4.79 Å². The minimum absolute atomic E-state index is 0.0735. The fourth-order valence-electron chi connectivity index (χ4n) is 2.80. The number of benzene rings is 2. The van der Waals surface area contributed by atoms with Crippen LogP contribution in [0.1, 0.15) is 32.0 Å². The van der Waals surface area contributed by atoms with Gasteiger partial charge in [-0.1, -0.05) is 60.7 Å². The van der Waals surface area contributed by atoms with E-state index < -0.39 is 5.97 Å². The highest BCUT2D eigenvalue weighted by Gasteiger charge is 2.26. The van der Waals surface area contributed by atoms with Gasteiger partial charge < -0.3 is 10.0 Å². The molecule has 132 valence electrons. The quantitative estimate of drug-likeness (QED) is 0.742. The van der Waals surface area contributed by atoms with Crippen molar-refractivity contribution < 1.29 is 14.7 Å². The summed E-state index contributed by atoms with van der Waals surface area (Å²) in [6.07, 6.45) is 1.21. The number of nitrogens with zero attached hydrogens (tertiary/aromatic N) is 3. The van der Waals surface area contributed by atoms with E-state index in [2.05, 4.69) is 5.10 Å². The maximum Gasteiger partial charge on any atom is 0.339 e. The molecule has 0 fully saturated rings. The Bertz CT molecular complexity index is 863. The molecule has 0 atom stereocenters. The highest BCUT2D eigenvalue weighted by atomic mass is 16.4. The van der Waals surface area contributed by atoms with E-state index in [0.717, 1.165) is 11.1 Å². The summed E-state index contributed by atoms with van der Waals surface area (Å²) < 4.78 is 1.31. The number of aromatic nitrogens is 2. The van der Waals surface area contributed by atoms with E-state index in [1.807, 2.05) is 60.7 Å². The number of carboxylic acid groups (broad SMARTS) is 1. The first-order chi connectivity index (χ1) is 12.6. The number of carbonyl (C=O) groups is 2. The number of aryl methyl sites for hydroxylation is 1. The zero-order valence-electron chi connectivity index (χ0n) is 14.4. The maximum absolute atomic E-state index is 13.2. The van der Waals surface area contributed by atoms with Gasteiger partial charge in [0, 0.05) is 20.1 Å². The van der Waals surface area contributed by atoms with Crippen molar-refractivity contribution in [3.05, 3.63) is 89.2 Å². The fourth-order valence-corrected chi connectivity index (χ4v) is 2.80. The molecule has 26 heavy (non-hydrogen) atoms. The molecule has 3 aromatic rings. The largest absolute Gasteiger partial charge is 0.478 e. The summed E-state index contributed by atoms with van der Waals surface area (Å²) in [5.74, 6) is -1.53. The molecule has 0 aliphatic carbocycles. The molecule has 3 rings (SSSR count). The van der Waals surface area contributed by atoms with Gasteiger partial charge in [-0.2, -0.15) is 5.10 Å². The third-order valence-corrected chi connectivity index (χ3v) is 4.09. The minimum Gasteiger partial charge on any atom is -0.478 e. The van der Waals surface area contributed by atoms with Crippen molar-refractivity contribution in [1.82, 2.24) is 14.7 Å². The second-order valence-corrected chi connectivity index (χ2v) is 5.97. The predicted molar refractivity (Wildman–Crippen MR) is 96.6 cm³/mol. The van der Waals surface area contributed by atoms with E-state index in [4.69, 9.17) is 0 Å². The number of aromatic carboxylic acids is 1. The summed E-state index contributed by atoms with van der Waals surface area (Å²) in [6, 6.07) is 19.2. The van der Waals surface area contributed by atoms with Gasteiger partial charge in [-0.15, -0.1) is 0 Å². The molecule has 1 aromatic heterocycles. The molecule has 0 saturated heterocycles. The molecule has 6 nitrogen and oxygen atoms in total. The number of hydrogen-bond acceptors (Lipinski definition) is 3. The molecule has 0 aliphatic heterocycles. The topological polar surface area (TPSA) is 75.4 Å². The number of rotatable bonds is 6. The highest BCUT2D eigenvalue weighted by molar-refractivity contribution is 6.03. The molecule has 0 aliphatic rings. The van der Waals surface area contributed by atoms with Gasteiger partial charge in [0.05, 0.1) is 6.20 Å². The highest BCUT2D eigenvalue weighted by Crippen LogP contribution is 2.17. The van der Waals surface area contributed by atoms with E-state index in [1.54, 1.807) is 11.9 Å². The summed E-state index contributed by atoms with van der Waals surface area (Å²) in [6.45, 7) is 0.748. The molecule has 1 heterocycles. The van der Waals surface area contributed by atoms with Crippen molar-refractivity contribution in [3.63, 3.8) is 0 Å². The third kappa shape index (κ3) is 3.80. The second kappa shape index (κ2) is 7.65. The van der Waals surface area contributed by atoms with E-state index >= 15 is 0 Å². The Balaban J connectivity index is 1.95. The Morgan fingerprint density at radius 1 is 0.962 bits per heavy atom. The number of hydrogen-bond donors (Lipinski definition) is 1. The van der Waals surface area contributed by atoms with Gasteiger partial charge in [0.1, 0.15) is 11.3 Å². The zero-order chi connectivity index (χ0) is 18.5. The van der Waals surface area contributed by atoms with E-state index in [9.17, 15) is 14.7 Å². The summed E-state index contributed by atoms with van der Waals surface area (Å²) >= 11 is 0.